The van der Waals surface area contributed by atoms with Crippen LogP contribution in [0.1, 0.15) is 53.4 Å². The summed E-state index contributed by atoms with van der Waals surface area (Å²) in [5.41, 5.74) is 0.763. The lowest BCUT2D eigenvalue weighted by molar-refractivity contribution is -0.138. The fourth-order valence-electron chi connectivity index (χ4n) is 1.93. The Morgan fingerprint density at radius 1 is 1.47 bits per heavy atom. The first-order chi connectivity index (χ1) is 8.08. The SMILES string of the molecule is CCOC(=O)C1=C(CCC(C)C)OC(CC)C1. The lowest BCUT2D eigenvalue weighted by Gasteiger charge is -2.11. The number of carbonyl (C=O) groups is 1. The summed E-state index contributed by atoms with van der Waals surface area (Å²) in [4.78, 5) is 11.8. The summed E-state index contributed by atoms with van der Waals surface area (Å²) in [5, 5.41) is 0. The number of rotatable bonds is 6. The molecule has 1 heterocycles. The van der Waals surface area contributed by atoms with E-state index in [1.54, 1.807) is 0 Å². The molecule has 0 aromatic rings. The maximum absolute atomic E-state index is 11.8. The molecule has 17 heavy (non-hydrogen) atoms. The second kappa shape index (κ2) is 6.67. The second-order valence-electron chi connectivity index (χ2n) is 4.91. The summed E-state index contributed by atoms with van der Waals surface area (Å²) in [5.74, 6) is 1.29. The smallest absolute Gasteiger partial charge is 0.337 e. The van der Waals surface area contributed by atoms with Crippen molar-refractivity contribution < 1.29 is 14.3 Å². The highest BCUT2D eigenvalue weighted by molar-refractivity contribution is 5.89. The number of hydrogen-bond donors (Lipinski definition) is 0. The van der Waals surface area contributed by atoms with Gasteiger partial charge in [0.25, 0.3) is 0 Å². The lowest BCUT2D eigenvalue weighted by Crippen LogP contribution is -2.09. The van der Waals surface area contributed by atoms with Crippen molar-refractivity contribution >= 4 is 5.97 Å². The van der Waals surface area contributed by atoms with Gasteiger partial charge >= 0.3 is 5.97 Å². The van der Waals surface area contributed by atoms with Gasteiger partial charge in [0.2, 0.25) is 0 Å². The standard InChI is InChI=1S/C14H24O3/c1-5-11-9-12(14(15)16-6-2)13(17-11)8-7-10(3)4/h10-11H,5-9H2,1-4H3. The van der Waals surface area contributed by atoms with Crippen LogP contribution in [0.5, 0.6) is 0 Å². The summed E-state index contributed by atoms with van der Waals surface area (Å²) in [6.45, 7) is 8.70. The van der Waals surface area contributed by atoms with E-state index >= 15 is 0 Å². The molecule has 0 N–H and O–H groups in total. The zero-order valence-electron chi connectivity index (χ0n) is 11.4. The molecular formula is C14H24O3. The molecule has 0 saturated carbocycles. The van der Waals surface area contributed by atoms with Crippen LogP contribution in [-0.2, 0) is 14.3 Å². The van der Waals surface area contributed by atoms with E-state index in [0.717, 1.165) is 30.6 Å². The molecular weight excluding hydrogens is 216 g/mol. The molecule has 1 atom stereocenters. The number of esters is 1. The van der Waals surface area contributed by atoms with Crippen molar-refractivity contribution in [1.29, 1.82) is 0 Å². The Bertz CT molecular complexity index is 292. The van der Waals surface area contributed by atoms with Crippen LogP contribution in [0.15, 0.2) is 11.3 Å². The molecule has 1 rings (SSSR count). The zero-order valence-corrected chi connectivity index (χ0v) is 11.4. The van der Waals surface area contributed by atoms with Crippen LogP contribution in [0.2, 0.25) is 0 Å². The highest BCUT2D eigenvalue weighted by Gasteiger charge is 2.29. The average molecular weight is 240 g/mol. The molecule has 0 saturated heterocycles. The molecule has 0 fully saturated rings. The Morgan fingerprint density at radius 3 is 2.71 bits per heavy atom. The van der Waals surface area contributed by atoms with Crippen molar-refractivity contribution in [2.45, 2.75) is 59.5 Å². The molecule has 98 valence electrons. The summed E-state index contributed by atoms with van der Waals surface area (Å²) < 4.78 is 10.9. The van der Waals surface area contributed by atoms with Crippen molar-refractivity contribution in [2.75, 3.05) is 6.61 Å². The number of carbonyl (C=O) groups excluding carboxylic acids is 1. The van der Waals surface area contributed by atoms with Gasteiger partial charge in [0, 0.05) is 12.8 Å². The normalized spacial score (nSPS) is 19.7. The third-order valence-corrected chi connectivity index (χ3v) is 3.00. The molecule has 0 spiro atoms. The van der Waals surface area contributed by atoms with Crippen LogP contribution in [0, 0.1) is 5.92 Å². The molecule has 1 aliphatic rings. The summed E-state index contributed by atoms with van der Waals surface area (Å²) in [6, 6.07) is 0. The van der Waals surface area contributed by atoms with E-state index in [1.807, 2.05) is 6.92 Å². The fourth-order valence-corrected chi connectivity index (χ4v) is 1.93. The summed E-state index contributed by atoms with van der Waals surface area (Å²) >= 11 is 0. The van der Waals surface area contributed by atoms with Crippen LogP contribution in [0.25, 0.3) is 0 Å². The lowest BCUT2D eigenvalue weighted by atomic mass is 10.0. The van der Waals surface area contributed by atoms with Gasteiger partial charge in [-0.1, -0.05) is 20.8 Å². The minimum atomic E-state index is -0.192. The Hall–Kier alpha value is -0.990. The molecule has 1 aliphatic heterocycles. The molecule has 0 aromatic heterocycles. The first kappa shape index (κ1) is 14.1. The Kier molecular flexibility index (Phi) is 5.52. The van der Waals surface area contributed by atoms with Crippen LogP contribution >= 0.6 is 0 Å². The van der Waals surface area contributed by atoms with Crippen LogP contribution in [0.4, 0.5) is 0 Å². The Labute approximate surface area is 104 Å². The van der Waals surface area contributed by atoms with Gasteiger partial charge in [0.1, 0.15) is 11.9 Å². The maximum Gasteiger partial charge on any atom is 0.337 e. The summed E-state index contributed by atoms with van der Waals surface area (Å²) in [6.07, 6.45) is 3.71. The average Bonchev–Trinajstić information content (AvgIpc) is 2.70. The molecule has 3 heteroatoms. The molecule has 0 bridgehead atoms. The third-order valence-electron chi connectivity index (χ3n) is 3.00. The Morgan fingerprint density at radius 2 is 2.18 bits per heavy atom. The van der Waals surface area contributed by atoms with Gasteiger partial charge in [-0.05, 0) is 25.7 Å². The fraction of sp³-hybridized carbons (Fsp3) is 0.786. The minimum Gasteiger partial charge on any atom is -0.494 e. The van der Waals surface area contributed by atoms with Crippen molar-refractivity contribution in [3.05, 3.63) is 11.3 Å². The third kappa shape index (κ3) is 4.06. The van der Waals surface area contributed by atoms with Crippen LogP contribution < -0.4 is 0 Å². The van der Waals surface area contributed by atoms with E-state index < -0.39 is 0 Å². The molecule has 0 radical (unpaired) electrons. The molecule has 0 amide bonds. The van der Waals surface area contributed by atoms with Crippen molar-refractivity contribution in [2.24, 2.45) is 5.92 Å². The predicted octanol–water partition coefficient (Wildman–Crippen LogP) is 3.44. The first-order valence-electron chi connectivity index (χ1n) is 6.64. The van der Waals surface area contributed by atoms with E-state index in [9.17, 15) is 4.79 Å². The molecule has 1 unspecified atom stereocenters. The van der Waals surface area contributed by atoms with Crippen LogP contribution in [0.3, 0.4) is 0 Å². The monoisotopic (exact) mass is 240 g/mol. The van der Waals surface area contributed by atoms with Gasteiger partial charge in [-0.25, -0.2) is 4.79 Å². The van der Waals surface area contributed by atoms with E-state index in [0.29, 0.717) is 18.9 Å². The second-order valence-corrected chi connectivity index (χ2v) is 4.91. The number of hydrogen-bond acceptors (Lipinski definition) is 3. The summed E-state index contributed by atoms with van der Waals surface area (Å²) in [7, 11) is 0. The van der Waals surface area contributed by atoms with E-state index in [2.05, 4.69) is 20.8 Å². The van der Waals surface area contributed by atoms with Gasteiger partial charge in [-0.2, -0.15) is 0 Å². The van der Waals surface area contributed by atoms with Gasteiger partial charge in [-0.3, -0.25) is 0 Å². The van der Waals surface area contributed by atoms with Crippen molar-refractivity contribution in [3.8, 4) is 0 Å². The van der Waals surface area contributed by atoms with Gasteiger partial charge in [0.05, 0.1) is 12.2 Å². The highest BCUT2D eigenvalue weighted by atomic mass is 16.5. The Balaban J connectivity index is 2.68. The zero-order chi connectivity index (χ0) is 12.8. The highest BCUT2D eigenvalue weighted by Crippen LogP contribution is 2.31. The predicted molar refractivity (Wildman–Crippen MR) is 67.5 cm³/mol. The number of allylic oxidation sites excluding steroid dienone is 1. The first-order valence-corrected chi connectivity index (χ1v) is 6.64. The van der Waals surface area contributed by atoms with Crippen molar-refractivity contribution in [1.82, 2.24) is 0 Å². The van der Waals surface area contributed by atoms with Crippen LogP contribution in [-0.4, -0.2) is 18.7 Å². The van der Waals surface area contributed by atoms with Crippen molar-refractivity contribution in [3.63, 3.8) is 0 Å². The maximum atomic E-state index is 11.8. The topological polar surface area (TPSA) is 35.5 Å². The quantitative estimate of drug-likeness (QED) is 0.667. The number of ether oxygens (including phenoxy) is 2. The van der Waals surface area contributed by atoms with E-state index in [1.165, 1.54) is 0 Å². The van der Waals surface area contributed by atoms with Gasteiger partial charge in [0.15, 0.2) is 0 Å². The largest absolute Gasteiger partial charge is 0.494 e. The minimum absolute atomic E-state index is 0.163. The molecule has 0 aliphatic carbocycles. The molecule has 3 nitrogen and oxygen atoms in total. The van der Waals surface area contributed by atoms with Gasteiger partial charge in [-0.15, -0.1) is 0 Å². The molecule has 0 aromatic carbocycles. The van der Waals surface area contributed by atoms with E-state index in [4.69, 9.17) is 9.47 Å². The van der Waals surface area contributed by atoms with Gasteiger partial charge < -0.3 is 9.47 Å². The van der Waals surface area contributed by atoms with E-state index in [-0.39, 0.29) is 12.1 Å².